The molecule has 0 bridgehead atoms. The van der Waals surface area contributed by atoms with Crippen LogP contribution in [0.1, 0.15) is 5.56 Å². The van der Waals surface area contributed by atoms with Crippen molar-refractivity contribution in [2.75, 3.05) is 25.5 Å². The van der Waals surface area contributed by atoms with Crippen molar-refractivity contribution in [3.63, 3.8) is 0 Å². The number of likely N-dealkylation sites (N-methyl/N-ethyl adjacent to an activating group) is 1. The molecule has 2 aromatic rings. The Balaban J connectivity index is 1.72. The second kappa shape index (κ2) is 7.26. The van der Waals surface area contributed by atoms with E-state index in [0.29, 0.717) is 0 Å². The van der Waals surface area contributed by atoms with Crippen LogP contribution in [0.15, 0.2) is 53.3 Å². The molecular formula is C15H18BrN3. The van der Waals surface area contributed by atoms with E-state index in [4.69, 9.17) is 0 Å². The number of aromatic nitrogens is 1. The molecule has 0 aliphatic rings. The number of nitrogens with one attached hydrogen (secondary N) is 1. The van der Waals surface area contributed by atoms with Crippen LogP contribution in [0.4, 0.5) is 5.69 Å². The molecule has 0 saturated heterocycles. The van der Waals surface area contributed by atoms with Gasteiger partial charge in [0.25, 0.3) is 0 Å². The van der Waals surface area contributed by atoms with Crippen LogP contribution >= 0.6 is 15.9 Å². The van der Waals surface area contributed by atoms with Gasteiger partial charge in [-0.1, -0.05) is 15.9 Å². The third-order valence-corrected chi connectivity index (χ3v) is 3.40. The van der Waals surface area contributed by atoms with E-state index in [0.717, 1.165) is 29.8 Å². The highest BCUT2D eigenvalue weighted by atomic mass is 79.9. The van der Waals surface area contributed by atoms with Gasteiger partial charge in [0.15, 0.2) is 0 Å². The van der Waals surface area contributed by atoms with Crippen molar-refractivity contribution in [2.24, 2.45) is 0 Å². The van der Waals surface area contributed by atoms with Gasteiger partial charge in [-0.15, -0.1) is 0 Å². The SMILES string of the molecule is CN(CCNc1ccc(Br)cc1)Cc1ccncc1. The van der Waals surface area contributed by atoms with E-state index in [2.05, 4.69) is 62.4 Å². The third-order valence-electron chi connectivity index (χ3n) is 2.87. The second-order valence-electron chi connectivity index (χ2n) is 4.53. The fraction of sp³-hybridized carbons (Fsp3) is 0.267. The zero-order valence-electron chi connectivity index (χ0n) is 11.0. The van der Waals surface area contributed by atoms with Crippen molar-refractivity contribution >= 4 is 21.6 Å². The summed E-state index contributed by atoms with van der Waals surface area (Å²) < 4.78 is 1.10. The second-order valence-corrected chi connectivity index (χ2v) is 5.44. The van der Waals surface area contributed by atoms with Crippen LogP contribution in [0.25, 0.3) is 0 Å². The largest absolute Gasteiger partial charge is 0.384 e. The van der Waals surface area contributed by atoms with Gasteiger partial charge < -0.3 is 10.2 Å². The zero-order valence-corrected chi connectivity index (χ0v) is 12.6. The van der Waals surface area contributed by atoms with Gasteiger partial charge in [0.2, 0.25) is 0 Å². The van der Waals surface area contributed by atoms with Crippen molar-refractivity contribution in [3.05, 3.63) is 58.8 Å². The van der Waals surface area contributed by atoms with Gasteiger partial charge in [-0.25, -0.2) is 0 Å². The average molecular weight is 320 g/mol. The van der Waals surface area contributed by atoms with Gasteiger partial charge in [-0.3, -0.25) is 4.98 Å². The first-order chi connectivity index (χ1) is 9.24. The molecule has 2 rings (SSSR count). The van der Waals surface area contributed by atoms with Crippen LogP contribution in [-0.2, 0) is 6.54 Å². The lowest BCUT2D eigenvalue weighted by molar-refractivity contribution is 0.340. The highest BCUT2D eigenvalue weighted by Gasteiger charge is 1.99. The molecule has 1 aromatic carbocycles. The molecule has 0 amide bonds. The number of hydrogen-bond donors (Lipinski definition) is 1. The Hall–Kier alpha value is -1.39. The molecule has 4 heteroatoms. The van der Waals surface area contributed by atoms with Gasteiger partial charge in [0, 0.05) is 42.2 Å². The summed E-state index contributed by atoms with van der Waals surface area (Å²) in [4.78, 5) is 6.32. The summed E-state index contributed by atoms with van der Waals surface area (Å²) in [5, 5.41) is 3.41. The van der Waals surface area contributed by atoms with Crippen molar-refractivity contribution in [2.45, 2.75) is 6.54 Å². The van der Waals surface area contributed by atoms with E-state index < -0.39 is 0 Å². The van der Waals surface area contributed by atoms with Crippen molar-refractivity contribution in [1.82, 2.24) is 9.88 Å². The van der Waals surface area contributed by atoms with Crippen LogP contribution in [0.3, 0.4) is 0 Å². The standard InChI is InChI=1S/C15H18BrN3/c1-19(12-13-6-8-17-9-7-13)11-10-18-15-4-2-14(16)3-5-15/h2-9,18H,10-12H2,1H3. The Morgan fingerprint density at radius 2 is 1.79 bits per heavy atom. The topological polar surface area (TPSA) is 28.2 Å². The summed E-state index contributed by atoms with van der Waals surface area (Å²) in [5.41, 5.74) is 2.45. The summed E-state index contributed by atoms with van der Waals surface area (Å²) in [7, 11) is 2.13. The maximum Gasteiger partial charge on any atom is 0.0341 e. The monoisotopic (exact) mass is 319 g/mol. The average Bonchev–Trinajstić information content (AvgIpc) is 2.42. The van der Waals surface area contributed by atoms with E-state index in [1.807, 2.05) is 24.5 Å². The van der Waals surface area contributed by atoms with Gasteiger partial charge in [-0.05, 0) is 49.0 Å². The minimum Gasteiger partial charge on any atom is -0.384 e. The van der Waals surface area contributed by atoms with E-state index >= 15 is 0 Å². The highest BCUT2D eigenvalue weighted by Crippen LogP contribution is 2.13. The molecular weight excluding hydrogens is 302 g/mol. The number of halogens is 1. The lowest BCUT2D eigenvalue weighted by Crippen LogP contribution is -2.24. The first kappa shape index (κ1) is 14.0. The molecule has 0 aliphatic heterocycles. The molecule has 0 unspecified atom stereocenters. The van der Waals surface area contributed by atoms with E-state index in [9.17, 15) is 0 Å². The summed E-state index contributed by atoms with van der Waals surface area (Å²) in [6.07, 6.45) is 3.67. The smallest absolute Gasteiger partial charge is 0.0341 e. The minimum atomic E-state index is 0.934. The van der Waals surface area contributed by atoms with Crippen LogP contribution in [-0.4, -0.2) is 30.0 Å². The molecule has 0 fully saturated rings. The number of anilines is 1. The fourth-order valence-corrected chi connectivity index (χ4v) is 2.10. The van der Waals surface area contributed by atoms with Crippen molar-refractivity contribution in [1.29, 1.82) is 0 Å². The van der Waals surface area contributed by atoms with Crippen LogP contribution in [0, 0.1) is 0 Å². The molecule has 0 spiro atoms. The van der Waals surface area contributed by atoms with E-state index in [1.165, 1.54) is 5.56 Å². The Bertz CT molecular complexity index is 485. The Morgan fingerprint density at radius 3 is 2.47 bits per heavy atom. The van der Waals surface area contributed by atoms with Gasteiger partial charge in [0.1, 0.15) is 0 Å². The van der Waals surface area contributed by atoms with Crippen molar-refractivity contribution < 1.29 is 0 Å². The maximum absolute atomic E-state index is 4.03. The molecule has 3 nitrogen and oxygen atoms in total. The molecule has 0 atom stereocenters. The first-order valence-electron chi connectivity index (χ1n) is 6.31. The Kier molecular flexibility index (Phi) is 5.36. The predicted molar refractivity (Wildman–Crippen MR) is 83.2 cm³/mol. The number of pyridine rings is 1. The van der Waals surface area contributed by atoms with Crippen LogP contribution in [0.5, 0.6) is 0 Å². The van der Waals surface area contributed by atoms with Crippen LogP contribution in [0.2, 0.25) is 0 Å². The molecule has 1 aromatic heterocycles. The first-order valence-corrected chi connectivity index (χ1v) is 7.10. The van der Waals surface area contributed by atoms with Crippen LogP contribution < -0.4 is 5.32 Å². The fourth-order valence-electron chi connectivity index (χ4n) is 1.84. The van der Waals surface area contributed by atoms with E-state index in [-0.39, 0.29) is 0 Å². The van der Waals surface area contributed by atoms with Gasteiger partial charge >= 0.3 is 0 Å². The zero-order chi connectivity index (χ0) is 13.5. The molecule has 1 heterocycles. The summed E-state index contributed by atoms with van der Waals surface area (Å²) in [5.74, 6) is 0. The number of nitrogens with zero attached hydrogens (tertiary/aromatic N) is 2. The summed E-state index contributed by atoms with van der Waals surface area (Å²) in [6, 6.07) is 12.4. The summed E-state index contributed by atoms with van der Waals surface area (Å²) >= 11 is 3.43. The Morgan fingerprint density at radius 1 is 1.11 bits per heavy atom. The Labute approximate surface area is 122 Å². The lowest BCUT2D eigenvalue weighted by Gasteiger charge is -2.17. The van der Waals surface area contributed by atoms with E-state index in [1.54, 1.807) is 0 Å². The predicted octanol–water partition coefficient (Wildman–Crippen LogP) is 3.39. The third kappa shape index (κ3) is 5.01. The summed E-state index contributed by atoms with van der Waals surface area (Å²) in [6.45, 7) is 2.88. The number of hydrogen-bond acceptors (Lipinski definition) is 3. The molecule has 1 N–H and O–H groups in total. The van der Waals surface area contributed by atoms with Crippen molar-refractivity contribution in [3.8, 4) is 0 Å². The highest BCUT2D eigenvalue weighted by molar-refractivity contribution is 9.10. The molecule has 0 saturated carbocycles. The maximum atomic E-state index is 4.03. The quantitative estimate of drug-likeness (QED) is 0.884. The molecule has 19 heavy (non-hydrogen) atoms. The molecule has 0 aliphatic carbocycles. The molecule has 100 valence electrons. The van der Waals surface area contributed by atoms with Gasteiger partial charge in [0.05, 0.1) is 0 Å². The number of benzene rings is 1. The molecule has 0 radical (unpaired) electrons. The van der Waals surface area contributed by atoms with Gasteiger partial charge in [-0.2, -0.15) is 0 Å². The lowest BCUT2D eigenvalue weighted by atomic mass is 10.2. The minimum absolute atomic E-state index is 0.934. The number of rotatable bonds is 6. The normalized spacial score (nSPS) is 10.7.